The van der Waals surface area contributed by atoms with Gasteiger partial charge in [-0.05, 0) is 12.8 Å². The molecule has 0 spiro atoms. The van der Waals surface area contributed by atoms with Gasteiger partial charge in [0.1, 0.15) is 0 Å². The molecule has 0 radical (unpaired) electrons. The zero-order valence-electron chi connectivity index (χ0n) is 9.62. The van der Waals surface area contributed by atoms with E-state index in [9.17, 15) is 9.59 Å². The van der Waals surface area contributed by atoms with E-state index in [-0.39, 0.29) is 12.1 Å². The first-order valence-electron chi connectivity index (χ1n) is 5.36. The quantitative estimate of drug-likeness (QED) is 0.742. The highest BCUT2D eigenvalue weighted by molar-refractivity contribution is 5.69. The highest BCUT2D eigenvalue weighted by Crippen LogP contribution is 2.18. The Balaban J connectivity index is 2.49. The van der Waals surface area contributed by atoms with Crippen molar-refractivity contribution in [2.45, 2.75) is 37.8 Å². The van der Waals surface area contributed by atoms with Crippen LogP contribution in [0.25, 0.3) is 0 Å². The summed E-state index contributed by atoms with van der Waals surface area (Å²) in [7, 11) is 2.64. The van der Waals surface area contributed by atoms with Crippen LogP contribution in [0, 0.1) is 0 Å². The Morgan fingerprint density at radius 1 is 0.938 bits per heavy atom. The van der Waals surface area contributed by atoms with E-state index < -0.39 is 12.2 Å². The third-order valence-corrected chi connectivity index (χ3v) is 2.74. The number of methoxy groups -OCH3 is 2. The molecule has 2 N–H and O–H groups in total. The minimum Gasteiger partial charge on any atom is -0.453 e. The molecule has 6 heteroatoms. The fraction of sp³-hybridized carbons (Fsp3) is 0.800. The second-order valence-corrected chi connectivity index (χ2v) is 3.77. The summed E-state index contributed by atoms with van der Waals surface area (Å²) < 4.78 is 9.08. The van der Waals surface area contributed by atoms with Crippen molar-refractivity contribution >= 4 is 12.2 Å². The molecule has 0 aromatic rings. The standard InChI is InChI=1S/C10H18N2O4/c1-15-9(13)11-7-5-3-4-6-8(7)12-10(14)16-2/h7-8H,3-6H2,1-2H3,(H,11,13)(H,12,14)/t7-,8-/m1/s1. The van der Waals surface area contributed by atoms with E-state index in [1.165, 1.54) is 14.2 Å². The van der Waals surface area contributed by atoms with Crippen molar-refractivity contribution in [1.82, 2.24) is 10.6 Å². The number of nitrogens with one attached hydrogen (secondary N) is 2. The second-order valence-electron chi connectivity index (χ2n) is 3.77. The molecule has 0 heterocycles. The van der Waals surface area contributed by atoms with Crippen LogP contribution in [0.15, 0.2) is 0 Å². The number of hydrogen-bond acceptors (Lipinski definition) is 4. The first kappa shape index (κ1) is 12.6. The number of alkyl carbamates (subject to hydrolysis) is 2. The molecule has 0 aromatic carbocycles. The molecule has 92 valence electrons. The summed E-state index contributed by atoms with van der Waals surface area (Å²) in [5.74, 6) is 0. The topological polar surface area (TPSA) is 76.7 Å². The number of carbonyl (C=O) groups excluding carboxylic acids is 2. The van der Waals surface area contributed by atoms with Crippen LogP contribution in [0.5, 0.6) is 0 Å². The monoisotopic (exact) mass is 230 g/mol. The van der Waals surface area contributed by atoms with Crippen LogP contribution in [0.1, 0.15) is 25.7 Å². The molecule has 0 bridgehead atoms. The Hall–Kier alpha value is -1.46. The maximum atomic E-state index is 11.1. The molecule has 0 aliphatic heterocycles. The van der Waals surface area contributed by atoms with E-state index in [2.05, 4.69) is 20.1 Å². The molecule has 16 heavy (non-hydrogen) atoms. The fourth-order valence-corrected chi connectivity index (χ4v) is 1.90. The predicted molar refractivity (Wildman–Crippen MR) is 57.1 cm³/mol. The highest BCUT2D eigenvalue weighted by Gasteiger charge is 2.28. The molecule has 6 nitrogen and oxygen atoms in total. The van der Waals surface area contributed by atoms with Crippen molar-refractivity contribution in [3.05, 3.63) is 0 Å². The molecule has 1 fully saturated rings. The summed E-state index contributed by atoms with van der Waals surface area (Å²) >= 11 is 0. The van der Waals surface area contributed by atoms with Gasteiger partial charge in [0.25, 0.3) is 0 Å². The van der Waals surface area contributed by atoms with Gasteiger partial charge in [-0.25, -0.2) is 9.59 Å². The number of carbonyl (C=O) groups is 2. The lowest BCUT2D eigenvalue weighted by atomic mass is 9.90. The molecule has 2 atom stereocenters. The van der Waals surface area contributed by atoms with Crippen molar-refractivity contribution in [2.75, 3.05) is 14.2 Å². The fourth-order valence-electron chi connectivity index (χ4n) is 1.90. The Morgan fingerprint density at radius 2 is 1.31 bits per heavy atom. The Bertz CT molecular complexity index is 231. The predicted octanol–water partition coefficient (Wildman–Crippen LogP) is 1.01. The third kappa shape index (κ3) is 3.60. The van der Waals surface area contributed by atoms with Gasteiger partial charge in [0, 0.05) is 0 Å². The zero-order valence-corrected chi connectivity index (χ0v) is 9.62. The second kappa shape index (κ2) is 6.19. The van der Waals surface area contributed by atoms with E-state index in [4.69, 9.17) is 0 Å². The summed E-state index contributed by atoms with van der Waals surface area (Å²) in [6, 6.07) is -0.166. The average molecular weight is 230 g/mol. The Kier molecular flexibility index (Phi) is 4.88. The number of rotatable bonds is 2. The van der Waals surface area contributed by atoms with Crippen molar-refractivity contribution < 1.29 is 19.1 Å². The van der Waals surface area contributed by atoms with Crippen LogP contribution in [0.4, 0.5) is 9.59 Å². The first-order valence-corrected chi connectivity index (χ1v) is 5.36. The molecular formula is C10H18N2O4. The van der Waals surface area contributed by atoms with E-state index in [0.717, 1.165) is 25.7 Å². The largest absolute Gasteiger partial charge is 0.453 e. The maximum absolute atomic E-state index is 11.1. The normalized spacial score (nSPS) is 24.4. The Morgan fingerprint density at radius 3 is 1.62 bits per heavy atom. The summed E-state index contributed by atoms with van der Waals surface area (Å²) in [4.78, 5) is 22.2. The third-order valence-electron chi connectivity index (χ3n) is 2.74. The van der Waals surface area contributed by atoms with Crippen molar-refractivity contribution in [3.8, 4) is 0 Å². The Labute approximate surface area is 94.7 Å². The zero-order chi connectivity index (χ0) is 12.0. The van der Waals surface area contributed by atoms with Crippen molar-refractivity contribution in [1.29, 1.82) is 0 Å². The smallest absolute Gasteiger partial charge is 0.407 e. The van der Waals surface area contributed by atoms with Crippen molar-refractivity contribution in [2.24, 2.45) is 0 Å². The lowest BCUT2D eigenvalue weighted by molar-refractivity contribution is 0.146. The van der Waals surface area contributed by atoms with E-state index in [0.29, 0.717) is 0 Å². The number of amides is 2. The molecule has 1 aliphatic carbocycles. The molecular weight excluding hydrogens is 212 g/mol. The van der Waals surface area contributed by atoms with Crippen molar-refractivity contribution in [3.63, 3.8) is 0 Å². The lowest BCUT2D eigenvalue weighted by Gasteiger charge is -2.31. The summed E-state index contributed by atoms with van der Waals surface area (Å²) in [5.41, 5.74) is 0. The van der Waals surface area contributed by atoms with Crippen LogP contribution < -0.4 is 10.6 Å². The highest BCUT2D eigenvalue weighted by atomic mass is 16.5. The average Bonchev–Trinajstić information content (AvgIpc) is 2.31. The van der Waals surface area contributed by atoms with Crippen LogP contribution in [0.3, 0.4) is 0 Å². The van der Waals surface area contributed by atoms with Gasteiger partial charge in [-0.3, -0.25) is 0 Å². The van der Waals surface area contributed by atoms with Gasteiger partial charge in [-0.2, -0.15) is 0 Å². The SMILES string of the molecule is COC(=O)N[C@@H]1CCCC[C@H]1NC(=O)OC. The van der Waals surface area contributed by atoms with Gasteiger partial charge in [-0.15, -0.1) is 0 Å². The van der Waals surface area contributed by atoms with Crippen LogP contribution >= 0.6 is 0 Å². The van der Waals surface area contributed by atoms with Gasteiger partial charge in [0.2, 0.25) is 0 Å². The molecule has 1 rings (SSSR count). The molecule has 0 aromatic heterocycles. The summed E-state index contributed by atoms with van der Waals surface area (Å²) in [6.07, 6.45) is 2.81. The van der Waals surface area contributed by atoms with Gasteiger partial charge in [0.05, 0.1) is 26.3 Å². The molecule has 0 saturated heterocycles. The van der Waals surface area contributed by atoms with Gasteiger partial charge >= 0.3 is 12.2 Å². The maximum Gasteiger partial charge on any atom is 0.407 e. The van der Waals surface area contributed by atoms with Crippen LogP contribution in [-0.2, 0) is 9.47 Å². The molecule has 1 saturated carbocycles. The summed E-state index contributed by atoms with van der Waals surface area (Å²) in [5, 5.41) is 5.43. The summed E-state index contributed by atoms with van der Waals surface area (Å²) in [6.45, 7) is 0. The minimum atomic E-state index is -0.469. The minimum absolute atomic E-state index is 0.0831. The number of ether oxygens (including phenoxy) is 2. The van der Waals surface area contributed by atoms with Gasteiger partial charge < -0.3 is 20.1 Å². The molecule has 0 unspecified atom stereocenters. The molecule has 1 aliphatic rings. The van der Waals surface area contributed by atoms with Gasteiger partial charge in [0.15, 0.2) is 0 Å². The number of hydrogen-bond donors (Lipinski definition) is 2. The van der Waals surface area contributed by atoms with E-state index in [1.807, 2.05) is 0 Å². The van der Waals surface area contributed by atoms with Gasteiger partial charge in [-0.1, -0.05) is 12.8 Å². The van der Waals surface area contributed by atoms with Crippen LogP contribution in [0.2, 0.25) is 0 Å². The van der Waals surface area contributed by atoms with E-state index >= 15 is 0 Å². The first-order chi connectivity index (χ1) is 7.67. The van der Waals surface area contributed by atoms with Crippen LogP contribution in [-0.4, -0.2) is 38.5 Å². The molecule has 2 amide bonds. The lowest BCUT2D eigenvalue weighted by Crippen LogP contribution is -2.53. The van der Waals surface area contributed by atoms with E-state index in [1.54, 1.807) is 0 Å².